The molecule has 3 N–H and O–H groups in total. The molecule has 0 aliphatic rings. The number of ether oxygens (including phenoxy) is 1. The van der Waals surface area contributed by atoms with Gasteiger partial charge in [0.05, 0.1) is 6.61 Å². The van der Waals surface area contributed by atoms with Crippen LogP contribution in [0.15, 0.2) is 0 Å². The lowest BCUT2D eigenvalue weighted by atomic mass is 10.1. The largest absolute Gasteiger partial charge is 0.383 e. The van der Waals surface area contributed by atoms with Gasteiger partial charge in [0, 0.05) is 32.8 Å². The maximum Gasteiger partial charge on any atom is 0.312 e. The molecule has 0 fully saturated rings. The first-order valence-electron chi connectivity index (χ1n) is 6.40. The van der Waals surface area contributed by atoms with Crippen molar-refractivity contribution in [1.82, 2.24) is 10.2 Å². The van der Waals surface area contributed by atoms with Crippen LogP contribution in [0.1, 0.15) is 26.7 Å². The Balaban J connectivity index is 4.61. The molecule has 0 bridgehead atoms. The van der Waals surface area contributed by atoms with Gasteiger partial charge in [-0.05, 0) is 12.8 Å². The molecule has 0 aliphatic carbocycles. The van der Waals surface area contributed by atoms with Gasteiger partial charge < -0.3 is 20.7 Å². The van der Waals surface area contributed by atoms with Gasteiger partial charge in [-0.25, -0.2) is 0 Å². The second kappa shape index (κ2) is 9.85. The average Bonchev–Trinajstić information content (AvgIpc) is 2.40. The van der Waals surface area contributed by atoms with E-state index in [1.807, 2.05) is 13.8 Å². The summed E-state index contributed by atoms with van der Waals surface area (Å²) in [5, 5.41) is 2.50. The molecular formula is C12H25N3O3. The topological polar surface area (TPSA) is 84.7 Å². The van der Waals surface area contributed by atoms with Crippen molar-refractivity contribution in [2.75, 3.05) is 33.4 Å². The highest BCUT2D eigenvalue weighted by Gasteiger charge is 2.26. The molecular weight excluding hydrogens is 234 g/mol. The van der Waals surface area contributed by atoms with Crippen LogP contribution < -0.4 is 11.1 Å². The lowest BCUT2D eigenvalue weighted by Gasteiger charge is -2.29. The maximum atomic E-state index is 12.0. The zero-order valence-electron chi connectivity index (χ0n) is 11.6. The van der Waals surface area contributed by atoms with Gasteiger partial charge >= 0.3 is 11.8 Å². The standard InChI is InChI=1S/C12H25N3O3/c1-4-10(5-2)15(8-9-18-3)12(17)11(16)14-7-6-13/h10H,4-9,13H2,1-3H3,(H,14,16). The summed E-state index contributed by atoms with van der Waals surface area (Å²) in [5.41, 5.74) is 5.29. The van der Waals surface area contributed by atoms with Crippen LogP contribution in [-0.4, -0.2) is 56.1 Å². The zero-order valence-corrected chi connectivity index (χ0v) is 11.6. The van der Waals surface area contributed by atoms with Gasteiger partial charge in [-0.1, -0.05) is 13.8 Å². The lowest BCUT2D eigenvalue weighted by molar-refractivity contribution is -0.148. The molecule has 0 rings (SSSR count). The van der Waals surface area contributed by atoms with Gasteiger partial charge in [0.2, 0.25) is 0 Å². The molecule has 0 saturated carbocycles. The Morgan fingerprint density at radius 2 is 1.94 bits per heavy atom. The first kappa shape index (κ1) is 16.9. The van der Waals surface area contributed by atoms with Crippen LogP contribution in [0.2, 0.25) is 0 Å². The summed E-state index contributed by atoms with van der Waals surface area (Å²) in [4.78, 5) is 25.3. The Bertz CT molecular complexity index is 255. The highest BCUT2D eigenvalue weighted by Crippen LogP contribution is 2.08. The third-order valence-corrected chi connectivity index (χ3v) is 2.80. The number of hydrogen-bond acceptors (Lipinski definition) is 4. The number of nitrogens with zero attached hydrogens (tertiary/aromatic N) is 1. The summed E-state index contributed by atoms with van der Waals surface area (Å²) >= 11 is 0. The minimum absolute atomic E-state index is 0.0660. The molecule has 0 radical (unpaired) electrons. The molecule has 0 unspecified atom stereocenters. The van der Waals surface area contributed by atoms with E-state index in [4.69, 9.17) is 10.5 Å². The summed E-state index contributed by atoms with van der Waals surface area (Å²) in [6.45, 7) is 5.48. The third-order valence-electron chi connectivity index (χ3n) is 2.80. The Kier molecular flexibility index (Phi) is 9.22. The Morgan fingerprint density at radius 3 is 2.39 bits per heavy atom. The van der Waals surface area contributed by atoms with Gasteiger partial charge in [0.15, 0.2) is 0 Å². The fourth-order valence-electron chi connectivity index (χ4n) is 1.76. The highest BCUT2D eigenvalue weighted by molar-refractivity contribution is 6.35. The fourth-order valence-corrected chi connectivity index (χ4v) is 1.76. The van der Waals surface area contributed by atoms with Crippen LogP contribution in [0, 0.1) is 0 Å². The summed E-state index contributed by atoms with van der Waals surface area (Å²) in [7, 11) is 1.57. The van der Waals surface area contributed by atoms with E-state index in [1.165, 1.54) is 0 Å². The van der Waals surface area contributed by atoms with Crippen molar-refractivity contribution in [3.8, 4) is 0 Å². The summed E-state index contributed by atoms with van der Waals surface area (Å²) in [6, 6.07) is 0.0660. The molecule has 6 heteroatoms. The molecule has 2 amide bonds. The predicted molar refractivity (Wildman–Crippen MR) is 70.0 cm³/mol. The average molecular weight is 259 g/mol. The number of nitrogens with one attached hydrogen (secondary N) is 1. The number of methoxy groups -OCH3 is 1. The molecule has 18 heavy (non-hydrogen) atoms. The Labute approximate surface area is 109 Å². The monoisotopic (exact) mass is 259 g/mol. The van der Waals surface area contributed by atoms with Crippen LogP contribution in [-0.2, 0) is 14.3 Å². The van der Waals surface area contributed by atoms with Crippen molar-refractivity contribution in [3.63, 3.8) is 0 Å². The van der Waals surface area contributed by atoms with Crippen molar-refractivity contribution in [2.45, 2.75) is 32.7 Å². The molecule has 0 saturated heterocycles. The smallest absolute Gasteiger partial charge is 0.312 e. The number of hydrogen-bond donors (Lipinski definition) is 2. The quantitative estimate of drug-likeness (QED) is 0.587. The lowest BCUT2D eigenvalue weighted by Crippen LogP contribution is -2.49. The van der Waals surface area contributed by atoms with Crippen molar-refractivity contribution < 1.29 is 14.3 Å². The first-order chi connectivity index (χ1) is 8.62. The number of amides is 2. The van der Waals surface area contributed by atoms with Crippen molar-refractivity contribution in [1.29, 1.82) is 0 Å². The summed E-state index contributed by atoms with van der Waals surface area (Å²) in [6.07, 6.45) is 1.63. The third kappa shape index (κ3) is 5.46. The Hall–Kier alpha value is -1.14. The van der Waals surface area contributed by atoms with Gasteiger partial charge in [-0.3, -0.25) is 9.59 Å². The van der Waals surface area contributed by atoms with Crippen LogP contribution >= 0.6 is 0 Å². The minimum atomic E-state index is -0.594. The van der Waals surface area contributed by atoms with E-state index >= 15 is 0 Å². The molecule has 106 valence electrons. The fraction of sp³-hybridized carbons (Fsp3) is 0.833. The van der Waals surface area contributed by atoms with Crippen molar-refractivity contribution in [2.24, 2.45) is 5.73 Å². The number of carbonyl (C=O) groups is 2. The van der Waals surface area contributed by atoms with E-state index in [2.05, 4.69) is 5.32 Å². The van der Waals surface area contributed by atoms with E-state index < -0.39 is 11.8 Å². The predicted octanol–water partition coefficient (Wildman–Crippen LogP) is -0.275. The van der Waals surface area contributed by atoms with Gasteiger partial charge in [-0.15, -0.1) is 0 Å². The normalized spacial score (nSPS) is 10.5. The van der Waals surface area contributed by atoms with Gasteiger partial charge in [0.25, 0.3) is 0 Å². The van der Waals surface area contributed by atoms with Crippen LogP contribution in [0.4, 0.5) is 0 Å². The van der Waals surface area contributed by atoms with Crippen LogP contribution in [0.5, 0.6) is 0 Å². The van der Waals surface area contributed by atoms with E-state index in [0.29, 0.717) is 26.2 Å². The minimum Gasteiger partial charge on any atom is -0.383 e. The number of nitrogens with two attached hydrogens (primary N) is 1. The maximum absolute atomic E-state index is 12.0. The second-order valence-electron chi connectivity index (χ2n) is 4.01. The second-order valence-corrected chi connectivity index (χ2v) is 4.01. The summed E-state index contributed by atoms with van der Waals surface area (Å²) < 4.78 is 4.98. The SMILES string of the molecule is CCC(CC)N(CCOC)C(=O)C(=O)NCCN. The van der Waals surface area contributed by atoms with E-state index in [0.717, 1.165) is 12.8 Å². The summed E-state index contributed by atoms with van der Waals surface area (Å²) in [5.74, 6) is -1.10. The van der Waals surface area contributed by atoms with Crippen LogP contribution in [0.3, 0.4) is 0 Å². The number of rotatable bonds is 8. The molecule has 0 atom stereocenters. The van der Waals surface area contributed by atoms with E-state index in [1.54, 1.807) is 12.0 Å². The van der Waals surface area contributed by atoms with Gasteiger partial charge in [0.1, 0.15) is 0 Å². The van der Waals surface area contributed by atoms with Crippen molar-refractivity contribution >= 4 is 11.8 Å². The molecule has 0 spiro atoms. The van der Waals surface area contributed by atoms with Crippen LogP contribution in [0.25, 0.3) is 0 Å². The number of carbonyl (C=O) groups excluding carboxylic acids is 2. The zero-order chi connectivity index (χ0) is 14.0. The van der Waals surface area contributed by atoms with Gasteiger partial charge in [-0.2, -0.15) is 0 Å². The Morgan fingerprint density at radius 1 is 1.33 bits per heavy atom. The van der Waals surface area contributed by atoms with Crippen molar-refractivity contribution in [3.05, 3.63) is 0 Å². The van der Waals surface area contributed by atoms with E-state index in [-0.39, 0.29) is 6.04 Å². The molecule has 0 aromatic rings. The highest BCUT2D eigenvalue weighted by atomic mass is 16.5. The molecule has 0 heterocycles. The van der Waals surface area contributed by atoms with E-state index in [9.17, 15) is 9.59 Å². The molecule has 6 nitrogen and oxygen atoms in total. The molecule has 0 aromatic carbocycles. The first-order valence-corrected chi connectivity index (χ1v) is 6.40. The molecule has 0 aromatic heterocycles. The molecule has 0 aliphatic heterocycles.